The Labute approximate surface area is 145 Å². The summed E-state index contributed by atoms with van der Waals surface area (Å²) in [5.74, 6) is 0. The van der Waals surface area contributed by atoms with E-state index in [9.17, 15) is 8.42 Å². The van der Waals surface area contributed by atoms with Crippen LogP contribution in [0.2, 0.25) is 0 Å². The van der Waals surface area contributed by atoms with E-state index < -0.39 is 10.0 Å². The lowest BCUT2D eigenvalue weighted by Gasteiger charge is -2.24. The van der Waals surface area contributed by atoms with Crippen LogP contribution in [0.15, 0.2) is 58.9 Å². The number of hydrogen-bond acceptors (Lipinski definition) is 4. The maximum Gasteiger partial charge on any atom is 0.264 e. The van der Waals surface area contributed by atoms with E-state index >= 15 is 0 Å². The molecule has 0 fully saturated rings. The molecule has 0 bridgehead atoms. The fraction of sp³-hybridized carbons (Fsp3) is 0.167. The third-order valence-corrected chi connectivity index (χ3v) is 7.00. The number of sulfonamides is 1. The molecule has 0 atom stereocenters. The van der Waals surface area contributed by atoms with Gasteiger partial charge in [0.1, 0.15) is 5.69 Å². The Morgan fingerprint density at radius 3 is 2.71 bits per heavy atom. The van der Waals surface area contributed by atoms with Crippen molar-refractivity contribution in [2.24, 2.45) is 0 Å². The number of nitrogens with zero attached hydrogens (tertiary/aromatic N) is 2. The number of aryl methyl sites for hydroxylation is 1. The van der Waals surface area contributed by atoms with Gasteiger partial charge in [0.05, 0.1) is 15.5 Å². The van der Waals surface area contributed by atoms with Gasteiger partial charge in [0.15, 0.2) is 0 Å². The quantitative estimate of drug-likeness (QED) is 0.700. The van der Waals surface area contributed by atoms with Crippen molar-refractivity contribution in [2.75, 3.05) is 10.8 Å². The highest BCUT2D eigenvalue weighted by molar-refractivity contribution is 7.92. The highest BCUT2D eigenvalue weighted by atomic mass is 32.2. The van der Waals surface area contributed by atoms with Crippen LogP contribution < -0.4 is 4.31 Å². The summed E-state index contributed by atoms with van der Waals surface area (Å²) < 4.78 is 27.9. The van der Waals surface area contributed by atoms with E-state index in [4.69, 9.17) is 0 Å². The predicted molar refractivity (Wildman–Crippen MR) is 97.0 cm³/mol. The van der Waals surface area contributed by atoms with Crippen LogP contribution in [-0.2, 0) is 16.4 Å². The zero-order valence-corrected chi connectivity index (χ0v) is 14.8. The Kier molecular flexibility index (Phi) is 3.66. The highest BCUT2D eigenvalue weighted by Crippen LogP contribution is 2.39. The molecule has 0 spiro atoms. The molecule has 24 heavy (non-hydrogen) atoms. The molecule has 0 saturated carbocycles. The van der Waals surface area contributed by atoms with E-state index in [2.05, 4.69) is 11.1 Å². The van der Waals surface area contributed by atoms with Gasteiger partial charge >= 0.3 is 0 Å². The fourth-order valence-corrected chi connectivity index (χ4v) is 5.37. The Morgan fingerprint density at radius 1 is 1.12 bits per heavy atom. The van der Waals surface area contributed by atoms with Gasteiger partial charge in [-0.2, -0.15) is 0 Å². The molecule has 122 valence electrons. The third kappa shape index (κ3) is 2.42. The lowest BCUT2D eigenvalue weighted by molar-refractivity contribution is 0.591. The van der Waals surface area contributed by atoms with Crippen molar-refractivity contribution in [3.63, 3.8) is 0 Å². The van der Waals surface area contributed by atoms with E-state index in [1.807, 2.05) is 30.5 Å². The van der Waals surface area contributed by atoms with Gasteiger partial charge in [-0.05, 0) is 54.6 Å². The van der Waals surface area contributed by atoms with Crippen molar-refractivity contribution in [1.29, 1.82) is 0 Å². The number of anilines is 1. The molecule has 0 amide bonds. The molecular weight excluding hydrogens is 340 g/mol. The smallest absolute Gasteiger partial charge is 0.264 e. The van der Waals surface area contributed by atoms with Crippen molar-refractivity contribution in [2.45, 2.75) is 18.2 Å². The Morgan fingerprint density at radius 2 is 1.92 bits per heavy atom. The summed E-state index contributed by atoms with van der Waals surface area (Å²) in [6, 6.07) is 12.7. The molecule has 1 aliphatic heterocycles. The van der Waals surface area contributed by atoms with E-state index in [-0.39, 0.29) is 0 Å². The van der Waals surface area contributed by atoms with E-state index in [1.54, 1.807) is 35.7 Å². The molecule has 0 saturated heterocycles. The third-order valence-electron chi connectivity index (χ3n) is 4.21. The van der Waals surface area contributed by atoms with Crippen molar-refractivity contribution in [3.8, 4) is 10.6 Å². The van der Waals surface area contributed by atoms with Gasteiger partial charge in [0.25, 0.3) is 10.0 Å². The first-order valence-electron chi connectivity index (χ1n) is 7.68. The summed E-state index contributed by atoms with van der Waals surface area (Å²) in [7, 11) is -3.61. The molecule has 1 aromatic carbocycles. The van der Waals surface area contributed by atoms with Crippen LogP contribution >= 0.6 is 11.3 Å². The van der Waals surface area contributed by atoms with Crippen molar-refractivity contribution >= 4 is 27.0 Å². The van der Waals surface area contributed by atoms with Crippen LogP contribution in [-0.4, -0.2) is 19.9 Å². The second-order valence-corrected chi connectivity index (χ2v) is 8.56. The topological polar surface area (TPSA) is 50.3 Å². The van der Waals surface area contributed by atoms with Crippen LogP contribution in [0.1, 0.15) is 11.1 Å². The van der Waals surface area contributed by atoms with Gasteiger partial charge in [-0.1, -0.05) is 17.7 Å². The molecule has 6 heteroatoms. The number of fused-ring (bicyclic) bond motifs is 3. The predicted octanol–water partition coefficient (Wildman–Crippen LogP) is 3.87. The summed E-state index contributed by atoms with van der Waals surface area (Å²) in [4.78, 5) is 5.84. The van der Waals surface area contributed by atoms with Gasteiger partial charge in [-0.25, -0.2) is 8.42 Å². The molecule has 4 rings (SSSR count). The summed E-state index contributed by atoms with van der Waals surface area (Å²) in [5, 5.41) is 2.03. The van der Waals surface area contributed by atoms with Gasteiger partial charge < -0.3 is 0 Å². The summed E-state index contributed by atoms with van der Waals surface area (Å²) in [5.41, 5.74) is 3.59. The highest BCUT2D eigenvalue weighted by Gasteiger charge is 2.30. The molecule has 3 heterocycles. The standard InChI is InChI=1S/C18H16N2O2S2/c1-13-4-6-15(7-5-13)24(21,22)20-11-8-14-9-12-23-18(14)17-16(20)3-2-10-19-17/h2-7,9-10,12H,8,11H2,1H3. The van der Waals surface area contributed by atoms with Crippen LogP contribution in [0.4, 0.5) is 5.69 Å². The summed E-state index contributed by atoms with van der Waals surface area (Å²) in [6.45, 7) is 2.36. The number of rotatable bonds is 2. The number of pyridine rings is 1. The van der Waals surface area contributed by atoms with Gasteiger partial charge in [0.2, 0.25) is 0 Å². The number of hydrogen-bond donors (Lipinski definition) is 0. The van der Waals surface area contributed by atoms with Crippen LogP contribution in [0.5, 0.6) is 0 Å². The second kappa shape index (κ2) is 5.72. The molecule has 0 radical (unpaired) electrons. The zero-order chi connectivity index (χ0) is 16.7. The Bertz CT molecular complexity index is 992. The van der Waals surface area contributed by atoms with Gasteiger partial charge in [-0.15, -0.1) is 11.3 Å². The van der Waals surface area contributed by atoms with Crippen molar-refractivity contribution in [3.05, 3.63) is 65.2 Å². The molecule has 0 unspecified atom stereocenters. The zero-order valence-electron chi connectivity index (χ0n) is 13.1. The number of aromatic nitrogens is 1. The average molecular weight is 356 g/mol. The molecule has 0 aliphatic carbocycles. The number of thiophene rings is 1. The van der Waals surface area contributed by atoms with E-state index in [0.717, 1.165) is 21.7 Å². The minimum absolute atomic E-state index is 0.313. The molecule has 4 nitrogen and oxygen atoms in total. The molecular formula is C18H16N2O2S2. The maximum atomic E-state index is 13.2. The van der Waals surface area contributed by atoms with E-state index in [1.165, 1.54) is 4.31 Å². The summed E-state index contributed by atoms with van der Waals surface area (Å²) >= 11 is 1.61. The SMILES string of the molecule is Cc1ccc(S(=O)(=O)N2CCc3ccsc3-c3ncccc32)cc1. The van der Waals surface area contributed by atoms with Gasteiger partial charge in [0, 0.05) is 12.7 Å². The maximum absolute atomic E-state index is 13.2. The Balaban J connectivity index is 1.87. The first-order valence-corrected chi connectivity index (χ1v) is 10.0. The summed E-state index contributed by atoms with van der Waals surface area (Å²) in [6.07, 6.45) is 2.39. The minimum Gasteiger partial charge on any atom is -0.264 e. The number of benzene rings is 1. The van der Waals surface area contributed by atoms with Crippen LogP contribution in [0.25, 0.3) is 10.6 Å². The first-order chi connectivity index (χ1) is 11.6. The molecule has 1 aliphatic rings. The molecule has 3 aromatic rings. The van der Waals surface area contributed by atoms with Crippen LogP contribution in [0, 0.1) is 6.92 Å². The largest absolute Gasteiger partial charge is 0.264 e. The minimum atomic E-state index is -3.61. The van der Waals surface area contributed by atoms with Gasteiger partial charge in [-0.3, -0.25) is 9.29 Å². The first kappa shape index (κ1) is 15.4. The average Bonchev–Trinajstić information content (AvgIpc) is 2.98. The van der Waals surface area contributed by atoms with Crippen molar-refractivity contribution in [1.82, 2.24) is 4.98 Å². The second-order valence-electron chi connectivity index (χ2n) is 5.79. The normalized spacial score (nSPS) is 14.0. The van der Waals surface area contributed by atoms with Crippen LogP contribution in [0.3, 0.4) is 0 Å². The monoisotopic (exact) mass is 356 g/mol. The Hall–Kier alpha value is -2.18. The van der Waals surface area contributed by atoms with Crippen molar-refractivity contribution < 1.29 is 8.42 Å². The molecule has 2 aromatic heterocycles. The lowest BCUT2D eigenvalue weighted by atomic mass is 10.1. The lowest BCUT2D eigenvalue weighted by Crippen LogP contribution is -2.32. The van der Waals surface area contributed by atoms with E-state index in [0.29, 0.717) is 23.5 Å². The molecule has 0 N–H and O–H groups in total. The fourth-order valence-electron chi connectivity index (χ4n) is 2.94.